The van der Waals surface area contributed by atoms with Gasteiger partial charge in [0.1, 0.15) is 24.2 Å². The van der Waals surface area contributed by atoms with Crippen LogP contribution in [0.2, 0.25) is 0 Å². The highest BCUT2D eigenvalue weighted by molar-refractivity contribution is 6.46. The van der Waals surface area contributed by atoms with E-state index in [1.165, 1.54) is 4.90 Å². The number of Topliss-reactive ketones (excluding diaryl/α,β-unsaturated/α-hetero) is 1. The number of carbonyl (C=O) groups is 2. The first-order valence-corrected chi connectivity index (χ1v) is 11.4. The lowest BCUT2D eigenvalue weighted by Gasteiger charge is -2.28. The van der Waals surface area contributed by atoms with Crippen LogP contribution in [0.15, 0.2) is 66.9 Å². The van der Waals surface area contributed by atoms with E-state index in [4.69, 9.17) is 9.47 Å². The Balaban J connectivity index is 1.61. The summed E-state index contributed by atoms with van der Waals surface area (Å²) in [7, 11) is 0. The van der Waals surface area contributed by atoms with Gasteiger partial charge in [0.05, 0.1) is 24.5 Å². The molecule has 2 fully saturated rings. The number of nitrogens with zero attached hydrogens (tertiary/aromatic N) is 3. The van der Waals surface area contributed by atoms with Gasteiger partial charge in [-0.15, -0.1) is 0 Å². The normalized spacial score (nSPS) is 20.5. The van der Waals surface area contributed by atoms with Gasteiger partial charge in [0, 0.05) is 37.9 Å². The highest BCUT2D eigenvalue weighted by atomic mass is 16.5. The van der Waals surface area contributed by atoms with Gasteiger partial charge in [-0.3, -0.25) is 19.5 Å². The molecular formula is C26H29N3O5. The van der Waals surface area contributed by atoms with Crippen molar-refractivity contribution in [1.82, 2.24) is 14.8 Å². The lowest BCUT2D eigenvalue weighted by Crippen LogP contribution is -2.39. The Labute approximate surface area is 199 Å². The van der Waals surface area contributed by atoms with E-state index >= 15 is 0 Å². The van der Waals surface area contributed by atoms with Crippen LogP contribution in [0.5, 0.6) is 5.75 Å². The van der Waals surface area contributed by atoms with Gasteiger partial charge in [0.25, 0.3) is 11.7 Å². The molecule has 1 aromatic heterocycles. The van der Waals surface area contributed by atoms with E-state index in [0.717, 1.165) is 19.6 Å². The van der Waals surface area contributed by atoms with Crippen molar-refractivity contribution in [3.63, 3.8) is 0 Å². The van der Waals surface area contributed by atoms with E-state index in [0.29, 0.717) is 49.8 Å². The van der Waals surface area contributed by atoms with Gasteiger partial charge in [-0.2, -0.15) is 0 Å². The van der Waals surface area contributed by atoms with Crippen LogP contribution >= 0.6 is 0 Å². The summed E-state index contributed by atoms with van der Waals surface area (Å²) in [5, 5.41) is 11.1. The monoisotopic (exact) mass is 463 g/mol. The van der Waals surface area contributed by atoms with Crippen molar-refractivity contribution in [2.24, 2.45) is 0 Å². The van der Waals surface area contributed by atoms with Crippen molar-refractivity contribution >= 4 is 17.4 Å². The van der Waals surface area contributed by atoms with Gasteiger partial charge in [-0.25, -0.2) is 0 Å². The van der Waals surface area contributed by atoms with Gasteiger partial charge < -0.3 is 19.5 Å². The Bertz CT molecular complexity index is 1050. The molecule has 4 rings (SSSR count). The fraction of sp³-hybridized carbons (Fsp3) is 0.346. The summed E-state index contributed by atoms with van der Waals surface area (Å²) in [5.74, 6) is -0.933. The Morgan fingerprint density at radius 1 is 1.15 bits per heavy atom. The average molecular weight is 464 g/mol. The van der Waals surface area contributed by atoms with Gasteiger partial charge >= 0.3 is 0 Å². The fourth-order valence-electron chi connectivity index (χ4n) is 4.26. The van der Waals surface area contributed by atoms with Crippen LogP contribution in [-0.2, 0) is 14.3 Å². The summed E-state index contributed by atoms with van der Waals surface area (Å²) in [5.41, 5.74) is 1.02. The van der Waals surface area contributed by atoms with E-state index in [9.17, 15) is 14.7 Å². The van der Waals surface area contributed by atoms with Crippen molar-refractivity contribution in [2.75, 3.05) is 46.0 Å². The third-order valence-corrected chi connectivity index (χ3v) is 5.98. The molecule has 0 radical (unpaired) electrons. The maximum Gasteiger partial charge on any atom is 0.295 e. The first kappa shape index (κ1) is 23.7. The van der Waals surface area contributed by atoms with E-state index in [-0.39, 0.29) is 11.3 Å². The number of ether oxygens (including phenoxy) is 2. The molecule has 0 spiro atoms. The van der Waals surface area contributed by atoms with Crippen LogP contribution in [0.1, 0.15) is 23.7 Å². The lowest BCUT2D eigenvalue weighted by atomic mass is 9.98. The topological polar surface area (TPSA) is 92.2 Å². The molecule has 34 heavy (non-hydrogen) atoms. The maximum absolute atomic E-state index is 13.1. The molecule has 1 N–H and O–H groups in total. The minimum Gasteiger partial charge on any atom is -0.507 e. The molecule has 3 heterocycles. The molecule has 0 saturated carbocycles. The molecule has 0 unspecified atom stereocenters. The van der Waals surface area contributed by atoms with Gasteiger partial charge in [-0.05, 0) is 42.8 Å². The van der Waals surface area contributed by atoms with Crippen LogP contribution in [-0.4, -0.2) is 77.6 Å². The molecule has 178 valence electrons. The van der Waals surface area contributed by atoms with E-state index in [2.05, 4.69) is 16.5 Å². The number of carbonyl (C=O) groups excluding carboxylic acids is 2. The third kappa shape index (κ3) is 5.18. The van der Waals surface area contributed by atoms with E-state index < -0.39 is 17.7 Å². The van der Waals surface area contributed by atoms with E-state index in [1.54, 1.807) is 48.7 Å². The second-order valence-corrected chi connectivity index (χ2v) is 8.18. The van der Waals surface area contributed by atoms with Crippen LogP contribution in [0.4, 0.5) is 0 Å². The second kappa shape index (κ2) is 11.1. The minimum absolute atomic E-state index is 0.0508. The molecule has 2 saturated heterocycles. The summed E-state index contributed by atoms with van der Waals surface area (Å²) in [4.78, 5) is 34.3. The molecule has 8 heteroatoms. The number of aliphatic hydroxyl groups excluding tert-OH is 1. The van der Waals surface area contributed by atoms with Crippen LogP contribution in [0.25, 0.3) is 5.76 Å². The Morgan fingerprint density at radius 3 is 2.59 bits per heavy atom. The molecule has 0 aliphatic carbocycles. The number of likely N-dealkylation sites (tertiary alicyclic amines) is 1. The largest absolute Gasteiger partial charge is 0.507 e. The van der Waals surface area contributed by atoms with Crippen molar-refractivity contribution in [3.8, 4) is 5.75 Å². The third-order valence-electron chi connectivity index (χ3n) is 5.98. The number of hydrogen-bond acceptors (Lipinski definition) is 7. The number of aliphatic hydroxyl groups is 1. The van der Waals surface area contributed by atoms with E-state index in [1.807, 2.05) is 6.07 Å². The molecule has 8 nitrogen and oxygen atoms in total. The second-order valence-electron chi connectivity index (χ2n) is 8.18. The number of pyridine rings is 1. The SMILES string of the molecule is C=CCOc1ccc(C(O)=C2C(=O)C(=O)N(CCCN3CCOCC3)[C@@H]2c2ccccn2)cc1. The molecule has 2 aliphatic rings. The number of rotatable bonds is 9. The summed E-state index contributed by atoms with van der Waals surface area (Å²) >= 11 is 0. The van der Waals surface area contributed by atoms with Crippen molar-refractivity contribution < 1.29 is 24.2 Å². The summed E-state index contributed by atoms with van der Waals surface area (Å²) in [6.45, 7) is 8.29. The molecule has 1 amide bonds. The number of morpholine rings is 1. The maximum atomic E-state index is 13.1. The van der Waals surface area contributed by atoms with Gasteiger partial charge in [0.15, 0.2) is 0 Å². The standard InChI is InChI=1S/C26H29N3O5/c1-2-16-34-20-9-7-19(8-10-20)24(30)22-23(21-6-3-4-11-27-21)29(26(32)25(22)31)13-5-12-28-14-17-33-18-15-28/h2-4,6-11,23,30H,1,5,12-18H2/t23-/m1/s1. The first-order chi connectivity index (χ1) is 16.6. The van der Waals surface area contributed by atoms with Crippen molar-refractivity contribution in [1.29, 1.82) is 0 Å². The zero-order valence-corrected chi connectivity index (χ0v) is 19.1. The zero-order valence-electron chi connectivity index (χ0n) is 19.1. The van der Waals surface area contributed by atoms with Crippen molar-refractivity contribution in [3.05, 3.63) is 78.1 Å². The van der Waals surface area contributed by atoms with Gasteiger partial charge in [0.2, 0.25) is 0 Å². The van der Waals surface area contributed by atoms with Crippen LogP contribution in [0, 0.1) is 0 Å². The van der Waals surface area contributed by atoms with Crippen LogP contribution < -0.4 is 4.74 Å². The smallest absolute Gasteiger partial charge is 0.295 e. The molecular weight excluding hydrogens is 434 g/mol. The van der Waals surface area contributed by atoms with Crippen LogP contribution in [0.3, 0.4) is 0 Å². The predicted molar refractivity (Wildman–Crippen MR) is 127 cm³/mol. The quantitative estimate of drug-likeness (QED) is 0.265. The first-order valence-electron chi connectivity index (χ1n) is 11.4. The summed E-state index contributed by atoms with van der Waals surface area (Å²) < 4.78 is 10.9. The number of benzene rings is 1. The Morgan fingerprint density at radius 2 is 1.91 bits per heavy atom. The lowest BCUT2D eigenvalue weighted by molar-refractivity contribution is -0.140. The molecule has 2 aromatic rings. The minimum atomic E-state index is -0.748. The Kier molecular flexibility index (Phi) is 7.72. The highest BCUT2D eigenvalue weighted by Crippen LogP contribution is 2.38. The predicted octanol–water partition coefficient (Wildman–Crippen LogP) is 2.79. The zero-order chi connectivity index (χ0) is 23.9. The van der Waals surface area contributed by atoms with Crippen molar-refractivity contribution in [2.45, 2.75) is 12.5 Å². The molecule has 1 atom stereocenters. The molecule has 2 aliphatic heterocycles. The molecule has 0 bridgehead atoms. The summed E-state index contributed by atoms with van der Waals surface area (Å²) in [6.07, 6.45) is 3.96. The fourth-order valence-corrected chi connectivity index (χ4v) is 4.26. The summed E-state index contributed by atoms with van der Waals surface area (Å²) in [6, 6.07) is 11.3. The van der Waals surface area contributed by atoms with Gasteiger partial charge in [-0.1, -0.05) is 18.7 Å². The number of hydrogen-bond donors (Lipinski definition) is 1. The number of amides is 1. The average Bonchev–Trinajstić information content (AvgIpc) is 3.13. The highest BCUT2D eigenvalue weighted by Gasteiger charge is 2.46. The number of aromatic nitrogens is 1. The molecule has 1 aromatic carbocycles. The Hall–Kier alpha value is -3.49. The number of ketones is 1.